The molecule has 0 aromatic rings. The molecule has 0 N–H and O–H groups in total. The fourth-order valence-electron chi connectivity index (χ4n) is 4.00. The molecule has 0 fully saturated rings. The Morgan fingerprint density at radius 2 is 0.429 bits per heavy atom. The third-order valence-electron chi connectivity index (χ3n) is 6.85. The molecular formula is C36H78Mo3O6P2S2. The molecule has 0 aromatic carbocycles. The van der Waals surface area contributed by atoms with Gasteiger partial charge in [-0.1, -0.05) is 0 Å². The van der Waals surface area contributed by atoms with Crippen molar-refractivity contribution in [1.82, 2.24) is 0 Å². The molecule has 0 radical (unpaired) electrons. The minimum absolute atomic E-state index is 0.432. The Morgan fingerprint density at radius 1 is 0.286 bits per heavy atom. The molecule has 0 saturated carbocycles. The second kappa shape index (κ2) is 55.5. The minimum atomic E-state index is -4.56. The van der Waals surface area contributed by atoms with E-state index in [0.717, 1.165) is 0 Å². The zero-order valence-corrected chi connectivity index (χ0v) is 42.0. The van der Waals surface area contributed by atoms with Gasteiger partial charge < -0.3 is 42.8 Å². The van der Waals surface area contributed by atoms with E-state index in [1.54, 1.807) is 28.9 Å². The van der Waals surface area contributed by atoms with Gasteiger partial charge in [0.15, 0.2) is 0 Å². The van der Waals surface area contributed by atoms with Crippen LogP contribution in [0.25, 0.3) is 0 Å². The largest absolute Gasteiger partial charge is 0.844 e. The van der Waals surface area contributed by atoms with Crippen LogP contribution in [0.3, 0.4) is 0 Å². The van der Waals surface area contributed by atoms with Crippen molar-refractivity contribution < 1.29 is 85.0 Å². The topological polar surface area (TPSA) is 138 Å². The van der Waals surface area contributed by atoms with Crippen LogP contribution in [0.15, 0.2) is 0 Å². The quantitative estimate of drug-likeness (QED) is 0.0394. The third kappa shape index (κ3) is 112. The summed E-state index contributed by atoms with van der Waals surface area (Å²) in [6.07, 6.45) is 35.3. The van der Waals surface area contributed by atoms with E-state index >= 15 is 0 Å². The molecule has 0 heterocycles. The van der Waals surface area contributed by atoms with Crippen molar-refractivity contribution >= 4 is 37.1 Å². The van der Waals surface area contributed by atoms with E-state index in [-0.39, 0.29) is 0 Å². The smallest absolute Gasteiger partial charge is 0.151 e. The van der Waals surface area contributed by atoms with Gasteiger partial charge in [0.25, 0.3) is 0 Å². The Balaban J connectivity index is -0.000000173. The van der Waals surface area contributed by atoms with Crippen LogP contribution >= 0.6 is 13.4 Å². The molecule has 49 heavy (non-hydrogen) atoms. The Labute approximate surface area is 343 Å². The van der Waals surface area contributed by atoms with E-state index in [9.17, 15) is 0 Å². The van der Waals surface area contributed by atoms with Crippen molar-refractivity contribution in [3.05, 3.63) is 0 Å². The van der Waals surface area contributed by atoms with Gasteiger partial charge in [-0.15, -0.1) is 0 Å². The first-order valence-electron chi connectivity index (χ1n) is 19.4. The van der Waals surface area contributed by atoms with Crippen molar-refractivity contribution in [2.45, 2.75) is 225 Å². The molecule has 0 aliphatic heterocycles. The Kier molecular flexibility index (Phi) is 69.4. The molecule has 0 bridgehead atoms. The van der Waals surface area contributed by atoms with Crippen LogP contribution in [0.2, 0.25) is 28.9 Å². The summed E-state index contributed by atoms with van der Waals surface area (Å²) in [5.41, 5.74) is 0. The fourth-order valence-corrected chi connectivity index (χ4v) is 12.1. The first-order valence-corrected chi connectivity index (χ1v) is 33.1. The van der Waals surface area contributed by atoms with Gasteiger partial charge in [-0.3, -0.25) is 0 Å². The Bertz CT molecular complexity index is 529. The molecular weight excluding hydrogens is 942 g/mol. The van der Waals surface area contributed by atoms with Crippen LogP contribution in [0.4, 0.5) is 0 Å². The van der Waals surface area contributed by atoms with Crippen molar-refractivity contribution in [3.8, 4) is 0 Å². The van der Waals surface area contributed by atoms with E-state index in [0.29, 0.717) is 55.7 Å². The first kappa shape index (κ1) is 61.3. The van der Waals surface area contributed by atoms with Crippen LogP contribution in [-0.2, 0) is 79.3 Å². The predicted molar refractivity (Wildman–Crippen MR) is 202 cm³/mol. The molecule has 298 valence electrons. The summed E-state index contributed by atoms with van der Waals surface area (Å²) in [5, 5.41) is 0. The second-order valence-electron chi connectivity index (χ2n) is 12.1. The van der Waals surface area contributed by atoms with E-state index in [4.69, 9.17) is 29.4 Å². The summed E-state index contributed by atoms with van der Waals surface area (Å²) < 4.78 is 0. The molecule has 0 amide bonds. The van der Waals surface area contributed by atoms with Crippen LogP contribution in [0.5, 0.6) is 0 Å². The molecule has 0 rings (SSSR count). The summed E-state index contributed by atoms with van der Waals surface area (Å²) >= 11 is 7.84. The fraction of sp³-hybridized carbons (Fsp3) is 1.00. The van der Waals surface area contributed by atoms with Gasteiger partial charge in [0.1, 0.15) is 0 Å². The van der Waals surface area contributed by atoms with Gasteiger partial charge in [0.2, 0.25) is 0 Å². The molecule has 0 aliphatic rings. The SMILES string of the molecule is CCCCCCC[CH2][Mo+2][CH2]CCC.CCCCCCC[CH2][Mo+2][CH2]CCC.CCCCCCC[CH2][Mo+2][CH2]CCC.[O-]P([O-])([O-])=S.[O-]P([O-])([O-])=S. The van der Waals surface area contributed by atoms with Crippen molar-refractivity contribution in [1.29, 1.82) is 0 Å². The standard InChI is InChI=1S/3C8H17.3C4H9.3Mo.2H3O3PS/c3*1-3-5-7-8-6-4-2;3*1-3-4-2;;;;2*1-4(2,3)5/h3*1,3-8H2,2H3;3*1,3-4H2,2H3;;;;2*(H3,1,2,3,5)/q;;;;;;3*+2;;/p-6. The monoisotopic (exact) mass is 1030 g/mol. The first-order chi connectivity index (χ1) is 23.2. The minimum Gasteiger partial charge on any atom is -0.844 e. The number of unbranched alkanes of at least 4 members (excludes halogenated alkanes) is 18. The average Bonchev–Trinajstić information content (AvgIpc) is 3.02. The summed E-state index contributed by atoms with van der Waals surface area (Å²) in [6, 6.07) is 0. The number of rotatable bonds is 30. The molecule has 13 heteroatoms. The van der Waals surface area contributed by atoms with Crippen LogP contribution < -0.4 is 29.4 Å². The Hall–Kier alpha value is 3.12. The van der Waals surface area contributed by atoms with Gasteiger partial charge in [0.05, 0.1) is 0 Å². The maximum absolute atomic E-state index is 8.92. The third-order valence-corrected chi connectivity index (χ3v) is 15.4. The molecule has 0 aliphatic carbocycles. The molecule has 0 unspecified atom stereocenters. The molecule has 0 saturated heterocycles. The van der Waals surface area contributed by atoms with E-state index in [1.165, 1.54) is 154 Å². The van der Waals surface area contributed by atoms with Crippen LogP contribution in [0, 0.1) is 0 Å². The predicted octanol–water partition coefficient (Wildman–Crippen LogP) is 9.78. The number of hydrogen-bond donors (Lipinski definition) is 0. The van der Waals surface area contributed by atoms with Crippen LogP contribution in [0.1, 0.15) is 196 Å². The normalized spacial score (nSPS) is 10.6. The van der Waals surface area contributed by atoms with Gasteiger partial charge in [-0.05, 0) is 0 Å². The van der Waals surface area contributed by atoms with Gasteiger partial charge in [-0.2, -0.15) is 23.6 Å². The van der Waals surface area contributed by atoms with Gasteiger partial charge >= 0.3 is 280 Å². The maximum Gasteiger partial charge on any atom is -0.151 e. The summed E-state index contributed by atoms with van der Waals surface area (Å²) in [4.78, 5) is 63.1. The average molecular weight is 1020 g/mol. The number of hydrogen-bond acceptors (Lipinski definition) is 8. The molecule has 6 nitrogen and oxygen atoms in total. The Morgan fingerprint density at radius 3 is 0.612 bits per heavy atom. The van der Waals surface area contributed by atoms with E-state index in [1.807, 2.05) is 0 Å². The van der Waals surface area contributed by atoms with Gasteiger partial charge in [-0.25, -0.2) is 0 Å². The van der Waals surface area contributed by atoms with E-state index in [2.05, 4.69) is 65.2 Å². The molecule has 0 aromatic heterocycles. The molecule has 0 atom stereocenters. The van der Waals surface area contributed by atoms with Crippen LogP contribution in [-0.4, -0.2) is 0 Å². The molecule has 0 spiro atoms. The summed E-state index contributed by atoms with van der Waals surface area (Å²) in [7, 11) is 0. The van der Waals surface area contributed by atoms with Crippen molar-refractivity contribution in [3.63, 3.8) is 0 Å². The maximum atomic E-state index is 8.92. The van der Waals surface area contributed by atoms with E-state index < -0.39 is 13.4 Å². The van der Waals surface area contributed by atoms with Crippen molar-refractivity contribution in [2.75, 3.05) is 0 Å². The zero-order valence-electron chi connectivity index (χ0n) is 32.6. The van der Waals surface area contributed by atoms with Crippen molar-refractivity contribution in [2.24, 2.45) is 0 Å². The summed E-state index contributed by atoms with van der Waals surface area (Å²) in [5.74, 6) is 0. The summed E-state index contributed by atoms with van der Waals surface area (Å²) in [6.45, 7) is 4.67. The zero-order chi connectivity index (χ0) is 38.3. The van der Waals surface area contributed by atoms with Gasteiger partial charge in [0, 0.05) is 0 Å². The second-order valence-corrected chi connectivity index (χ2v) is 25.6.